The van der Waals surface area contributed by atoms with E-state index in [1.807, 2.05) is 27.7 Å². The molecule has 2 heterocycles. The third-order valence-electron chi connectivity index (χ3n) is 5.03. The molecule has 0 radical (unpaired) electrons. The highest BCUT2D eigenvalue weighted by Gasteiger charge is 2.57. The van der Waals surface area contributed by atoms with Gasteiger partial charge in [0.25, 0.3) is 0 Å². The predicted molar refractivity (Wildman–Crippen MR) is 86.8 cm³/mol. The van der Waals surface area contributed by atoms with E-state index in [-0.39, 0.29) is 5.41 Å². The number of carbonyl (C=O) groups is 1. The number of hydrogen-bond donors (Lipinski definition) is 1. The molecule has 22 heavy (non-hydrogen) atoms. The molecule has 1 N–H and O–H groups in total. The lowest BCUT2D eigenvalue weighted by atomic mass is 9.64. The maximum Gasteiger partial charge on any atom is 0.486 e. The van der Waals surface area contributed by atoms with Gasteiger partial charge in [0.1, 0.15) is 0 Å². The zero-order chi connectivity index (χ0) is 16.9. The molecule has 1 unspecified atom stereocenters. The van der Waals surface area contributed by atoms with E-state index in [4.69, 9.17) is 9.31 Å². The molecule has 1 atom stereocenters. The molecule has 0 aromatic heterocycles. The first kappa shape index (κ1) is 17.4. The summed E-state index contributed by atoms with van der Waals surface area (Å²) in [6.45, 7) is 14.7. The van der Waals surface area contributed by atoms with Crippen LogP contribution in [0.3, 0.4) is 0 Å². The minimum atomic E-state index is -0.922. The maximum atomic E-state index is 11.7. The fourth-order valence-electron chi connectivity index (χ4n) is 3.06. The van der Waals surface area contributed by atoms with E-state index in [1.165, 1.54) is 4.90 Å². The molecule has 2 rings (SSSR count). The van der Waals surface area contributed by atoms with Crippen LogP contribution < -0.4 is 0 Å². The molecule has 0 aromatic rings. The second kappa shape index (κ2) is 5.27. The summed E-state index contributed by atoms with van der Waals surface area (Å²) in [5.41, 5.74) is -0.00732. The van der Waals surface area contributed by atoms with Gasteiger partial charge in [-0.05, 0) is 45.1 Å². The highest BCUT2D eigenvalue weighted by molar-refractivity contribution is 6.49. The fourth-order valence-corrected chi connectivity index (χ4v) is 3.06. The summed E-state index contributed by atoms with van der Waals surface area (Å²) in [7, 11) is -0.577. The van der Waals surface area contributed by atoms with Crippen molar-refractivity contribution >= 4 is 13.2 Å². The van der Waals surface area contributed by atoms with Crippen LogP contribution in [0.1, 0.15) is 54.9 Å². The molecule has 0 bridgehead atoms. The van der Waals surface area contributed by atoms with Crippen LogP contribution in [0, 0.1) is 5.41 Å². The Morgan fingerprint density at radius 3 is 2.18 bits per heavy atom. The zero-order valence-corrected chi connectivity index (χ0v) is 14.8. The molecule has 0 spiro atoms. The molecular weight excluding hydrogens is 281 g/mol. The molecule has 6 heteroatoms. The molecule has 124 valence electrons. The Hall–Kier alpha value is -1.01. The third-order valence-corrected chi connectivity index (χ3v) is 5.03. The van der Waals surface area contributed by atoms with E-state index >= 15 is 0 Å². The summed E-state index contributed by atoms with van der Waals surface area (Å²) in [4.78, 5) is 13.2. The number of hydrogen-bond acceptors (Lipinski definition) is 3. The lowest BCUT2D eigenvalue weighted by molar-refractivity contribution is 0.00578. The molecule has 1 saturated heterocycles. The molecule has 0 aliphatic carbocycles. The summed E-state index contributed by atoms with van der Waals surface area (Å²) in [6, 6.07) is 0. The molecule has 1 amide bonds. The van der Waals surface area contributed by atoms with Crippen LogP contribution in [0.15, 0.2) is 11.6 Å². The van der Waals surface area contributed by atoms with Crippen molar-refractivity contribution in [2.75, 3.05) is 6.54 Å². The quantitative estimate of drug-likeness (QED) is 0.596. The van der Waals surface area contributed by atoms with E-state index in [9.17, 15) is 9.90 Å². The largest absolute Gasteiger partial charge is 0.486 e. The van der Waals surface area contributed by atoms with Crippen LogP contribution in [0.25, 0.3) is 0 Å². The van der Waals surface area contributed by atoms with Gasteiger partial charge in [-0.15, -0.1) is 0 Å². The summed E-state index contributed by atoms with van der Waals surface area (Å²) >= 11 is 0. The summed E-state index contributed by atoms with van der Waals surface area (Å²) in [5.74, 6) is -0.396. The van der Waals surface area contributed by atoms with Crippen molar-refractivity contribution in [3.05, 3.63) is 11.6 Å². The van der Waals surface area contributed by atoms with Crippen molar-refractivity contribution in [1.29, 1.82) is 0 Å². The normalized spacial score (nSPS) is 27.8. The van der Waals surface area contributed by atoms with Gasteiger partial charge in [-0.1, -0.05) is 26.8 Å². The van der Waals surface area contributed by atoms with Crippen LogP contribution in [0.4, 0.5) is 4.79 Å². The van der Waals surface area contributed by atoms with Gasteiger partial charge in [-0.3, -0.25) is 0 Å². The molecule has 5 nitrogen and oxygen atoms in total. The number of nitrogens with zero attached hydrogens (tertiary/aromatic N) is 1. The maximum absolute atomic E-state index is 11.7. The second-order valence-corrected chi connectivity index (χ2v) is 8.24. The van der Waals surface area contributed by atoms with Crippen LogP contribution in [-0.2, 0) is 9.31 Å². The topological polar surface area (TPSA) is 59.0 Å². The lowest BCUT2D eigenvalue weighted by Gasteiger charge is -2.40. The average Bonchev–Trinajstić information content (AvgIpc) is 2.56. The molecule has 1 fully saturated rings. The number of amides is 1. The molecule has 0 saturated carbocycles. The van der Waals surface area contributed by atoms with E-state index in [0.29, 0.717) is 6.54 Å². The van der Waals surface area contributed by atoms with Gasteiger partial charge in [0.2, 0.25) is 0 Å². The Morgan fingerprint density at radius 2 is 1.77 bits per heavy atom. The minimum absolute atomic E-state index is 0.137. The Morgan fingerprint density at radius 1 is 1.27 bits per heavy atom. The lowest BCUT2D eigenvalue weighted by Crippen LogP contribution is -2.55. The van der Waals surface area contributed by atoms with Gasteiger partial charge in [0.15, 0.2) is 0 Å². The summed E-state index contributed by atoms with van der Waals surface area (Å²) in [5, 5.41) is 9.60. The predicted octanol–water partition coefficient (Wildman–Crippen LogP) is 3.34. The number of carboxylic acid groups (broad SMARTS) is 1. The van der Waals surface area contributed by atoms with Crippen molar-refractivity contribution in [2.45, 2.75) is 72.0 Å². The van der Waals surface area contributed by atoms with E-state index in [0.717, 1.165) is 12.0 Å². The Bertz CT molecular complexity index is 477. The third kappa shape index (κ3) is 2.91. The SMILES string of the molecule is CC(C)(C)C1=CCCN(C(=O)O)C1B1OC(C)(C)C(C)(C)O1. The highest BCUT2D eigenvalue weighted by atomic mass is 16.7. The van der Waals surface area contributed by atoms with E-state index in [2.05, 4.69) is 26.8 Å². The van der Waals surface area contributed by atoms with Crippen molar-refractivity contribution in [1.82, 2.24) is 4.90 Å². The van der Waals surface area contributed by atoms with Crippen LogP contribution in [-0.4, -0.2) is 46.9 Å². The van der Waals surface area contributed by atoms with Crippen molar-refractivity contribution in [2.24, 2.45) is 5.41 Å². The average molecular weight is 309 g/mol. The molecular formula is C16H28BNO4. The van der Waals surface area contributed by atoms with Crippen LogP contribution >= 0.6 is 0 Å². The fraction of sp³-hybridized carbons (Fsp3) is 0.812. The monoisotopic (exact) mass is 309 g/mol. The second-order valence-electron chi connectivity index (χ2n) is 8.24. The first-order valence-corrected chi connectivity index (χ1v) is 7.92. The van der Waals surface area contributed by atoms with Crippen LogP contribution in [0.5, 0.6) is 0 Å². The molecule has 0 aromatic carbocycles. The Labute approximate surface area is 133 Å². The Balaban J connectivity index is 2.40. The first-order valence-electron chi connectivity index (χ1n) is 7.92. The van der Waals surface area contributed by atoms with Gasteiger partial charge < -0.3 is 19.3 Å². The van der Waals surface area contributed by atoms with Crippen molar-refractivity contribution in [3.8, 4) is 0 Å². The Kier molecular flexibility index (Phi) is 4.16. The van der Waals surface area contributed by atoms with Gasteiger partial charge >= 0.3 is 13.2 Å². The smallest absolute Gasteiger partial charge is 0.465 e. The molecule has 2 aliphatic rings. The van der Waals surface area contributed by atoms with Crippen LogP contribution in [0.2, 0.25) is 0 Å². The highest BCUT2D eigenvalue weighted by Crippen LogP contribution is 2.43. The number of rotatable bonds is 1. The van der Waals surface area contributed by atoms with Crippen molar-refractivity contribution in [3.63, 3.8) is 0 Å². The van der Waals surface area contributed by atoms with E-state index < -0.39 is 30.4 Å². The molecule has 2 aliphatic heterocycles. The minimum Gasteiger partial charge on any atom is -0.465 e. The first-order chi connectivity index (χ1) is 9.87. The van der Waals surface area contributed by atoms with E-state index in [1.54, 1.807) is 0 Å². The summed E-state index contributed by atoms with van der Waals surface area (Å²) in [6.07, 6.45) is 1.96. The van der Waals surface area contributed by atoms with Gasteiger partial charge in [0, 0.05) is 6.54 Å². The zero-order valence-electron chi connectivity index (χ0n) is 14.8. The summed E-state index contributed by atoms with van der Waals surface area (Å²) < 4.78 is 12.3. The van der Waals surface area contributed by atoms with Gasteiger partial charge in [-0.25, -0.2) is 4.79 Å². The van der Waals surface area contributed by atoms with Crippen molar-refractivity contribution < 1.29 is 19.2 Å². The van der Waals surface area contributed by atoms with Gasteiger partial charge in [0.05, 0.1) is 17.1 Å². The standard InChI is InChI=1S/C16H28BNO4/c1-14(2,3)11-9-8-10-18(13(19)20)12(11)17-21-15(4,5)16(6,7)22-17/h9,12H,8,10H2,1-7H3,(H,19,20). The van der Waals surface area contributed by atoms with Gasteiger partial charge in [-0.2, -0.15) is 0 Å².